The Labute approximate surface area is 166 Å². The number of carbonyl (C=O) groups is 1. The average molecular weight is 387 g/mol. The molecule has 1 heterocycles. The van der Waals surface area contributed by atoms with Crippen LogP contribution in [0.2, 0.25) is 0 Å². The molecule has 0 saturated heterocycles. The molecule has 1 aromatic heterocycles. The lowest BCUT2D eigenvalue weighted by atomic mass is 10.1. The number of benzene rings is 1. The first-order valence-corrected chi connectivity index (χ1v) is 10.3. The van der Waals surface area contributed by atoms with Crippen molar-refractivity contribution in [2.45, 2.75) is 39.7 Å². The van der Waals surface area contributed by atoms with Gasteiger partial charge in [0.05, 0.1) is 0 Å². The molecule has 0 bridgehead atoms. The van der Waals surface area contributed by atoms with Gasteiger partial charge in [0.15, 0.2) is 5.96 Å². The van der Waals surface area contributed by atoms with Crippen LogP contribution in [0.15, 0.2) is 46.8 Å². The maximum absolute atomic E-state index is 11.6. The molecule has 5 nitrogen and oxygen atoms in total. The predicted octanol–water partition coefficient (Wildman–Crippen LogP) is 4.03. The van der Waals surface area contributed by atoms with Crippen molar-refractivity contribution in [1.82, 2.24) is 10.6 Å². The Bertz CT molecular complexity index is 710. The first kappa shape index (κ1) is 21.0. The van der Waals surface area contributed by atoms with Crippen LogP contribution in [0.5, 0.6) is 0 Å². The minimum atomic E-state index is 0.0599. The normalized spacial score (nSPS) is 12.5. The van der Waals surface area contributed by atoms with Crippen LogP contribution in [-0.4, -0.2) is 25.5 Å². The molecule has 0 aliphatic rings. The molecular formula is C21H30N4OS. The smallest absolute Gasteiger partial charge is 0.224 e. The molecule has 1 atom stereocenters. The number of rotatable bonds is 9. The Morgan fingerprint density at radius 1 is 1.19 bits per heavy atom. The lowest BCUT2D eigenvalue weighted by molar-refractivity contribution is -0.116. The highest BCUT2D eigenvalue weighted by molar-refractivity contribution is 7.09. The van der Waals surface area contributed by atoms with Crippen molar-refractivity contribution >= 4 is 28.9 Å². The number of carbonyl (C=O) groups excluding carboxylic acids is 1. The minimum absolute atomic E-state index is 0.0599. The summed E-state index contributed by atoms with van der Waals surface area (Å²) in [6.45, 7) is 5.80. The minimum Gasteiger partial charge on any atom is -0.356 e. The highest BCUT2D eigenvalue weighted by atomic mass is 32.1. The van der Waals surface area contributed by atoms with Gasteiger partial charge in [-0.25, -0.2) is 0 Å². The quantitative estimate of drug-likeness (QED) is 0.450. The van der Waals surface area contributed by atoms with Gasteiger partial charge in [0.25, 0.3) is 0 Å². The molecule has 0 aliphatic heterocycles. The molecule has 146 valence electrons. The number of nitrogens with zero attached hydrogens (tertiary/aromatic N) is 1. The SMILES string of the molecule is CCCC(=O)Nc1ccc(CNC(=NC)NCC(C)Cc2cccs2)cc1. The average Bonchev–Trinajstić information content (AvgIpc) is 3.16. The number of aliphatic imine (C=N–C) groups is 1. The van der Waals surface area contributed by atoms with Crippen LogP contribution in [0.25, 0.3) is 0 Å². The molecule has 1 aromatic carbocycles. The first-order chi connectivity index (χ1) is 13.1. The van der Waals surface area contributed by atoms with E-state index in [1.807, 2.05) is 31.2 Å². The maximum Gasteiger partial charge on any atom is 0.224 e. The van der Waals surface area contributed by atoms with Crippen molar-refractivity contribution in [3.63, 3.8) is 0 Å². The summed E-state index contributed by atoms with van der Waals surface area (Å²) in [5, 5.41) is 11.7. The molecule has 0 fully saturated rings. The lowest BCUT2D eigenvalue weighted by Gasteiger charge is -2.16. The molecule has 1 amide bonds. The summed E-state index contributed by atoms with van der Waals surface area (Å²) < 4.78 is 0. The van der Waals surface area contributed by atoms with Gasteiger partial charge in [-0.3, -0.25) is 9.79 Å². The number of guanidine groups is 1. The fourth-order valence-electron chi connectivity index (χ4n) is 2.68. The van der Waals surface area contributed by atoms with Crippen LogP contribution in [0, 0.1) is 5.92 Å². The van der Waals surface area contributed by atoms with E-state index in [1.165, 1.54) is 4.88 Å². The summed E-state index contributed by atoms with van der Waals surface area (Å²) in [6.07, 6.45) is 2.48. The summed E-state index contributed by atoms with van der Waals surface area (Å²) in [5.74, 6) is 1.39. The molecule has 0 saturated carbocycles. The molecule has 0 spiro atoms. The van der Waals surface area contributed by atoms with Gasteiger partial charge in [-0.15, -0.1) is 11.3 Å². The fourth-order valence-corrected chi connectivity index (χ4v) is 3.55. The van der Waals surface area contributed by atoms with Gasteiger partial charge >= 0.3 is 0 Å². The molecule has 2 aromatic rings. The summed E-state index contributed by atoms with van der Waals surface area (Å²) >= 11 is 1.81. The van der Waals surface area contributed by atoms with Crippen LogP contribution < -0.4 is 16.0 Å². The topological polar surface area (TPSA) is 65.5 Å². The van der Waals surface area contributed by atoms with Gasteiger partial charge in [0.2, 0.25) is 5.91 Å². The third-order valence-electron chi connectivity index (χ3n) is 4.15. The van der Waals surface area contributed by atoms with E-state index in [4.69, 9.17) is 0 Å². The molecule has 2 rings (SSSR count). The summed E-state index contributed by atoms with van der Waals surface area (Å²) in [5.41, 5.74) is 1.97. The first-order valence-electron chi connectivity index (χ1n) is 9.46. The van der Waals surface area contributed by atoms with Crippen LogP contribution in [0.4, 0.5) is 5.69 Å². The van der Waals surface area contributed by atoms with Gasteiger partial charge in [-0.05, 0) is 47.9 Å². The van der Waals surface area contributed by atoms with Crippen molar-refractivity contribution in [3.05, 3.63) is 52.2 Å². The molecule has 1 unspecified atom stereocenters. The van der Waals surface area contributed by atoms with Crippen molar-refractivity contribution in [3.8, 4) is 0 Å². The number of nitrogens with one attached hydrogen (secondary N) is 3. The van der Waals surface area contributed by atoms with Crippen LogP contribution in [0.1, 0.15) is 37.1 Å². The van der Waals surface area contributed by atoms with Crippen LogP contribution in [0.3, 0.4) is 0 Å². The second-order valence-electron chi connectivity index (χ2n) is 6.69. The third-order valence-corrected chi connectivity index (χ3v) is 5.04. The summed E-state index contributed by atoms with van der Waals surface area (Å²) in [7, 11) is 1.78. The standard InChI is InChI=1S/C21H30N4OS/c1-4-6-20(26)25-18-10-8-17(9-11-18)15-24-21(22-3)23-14-16(2)13-19-7-5-12-27-19/h5,7-12,16H,4,6,13-15H2,1-3H3,(H,25,26)(H2,22,23,24). The molecule has 27 heavy (non-hydrogen) atoms. The second-order valence-corrected chi connectivity index (χ2v) is 7.72. The van der Waals surface area contributed by atoms with E-state index in [9.17, 15) is 4.79 Å². The summed E-state index contributed by atoms with van der Waals surface area (Å²) in [6, 6.07) is 12.2. The molecule has 0 radical (unpaired) electrons. The highest BCUT2D eigenvalue weighted by Crippen LogP contribution is 2.14. The van der Waals surface area contributed by atoms with E-state index in [2.05, 4.69) is 45.4 Å². The lowest BCUT2D eigenvalue weighted by Crippen LogP contribution is -2.39. The number of hydrogen-bond acceptors (Lipinski definition) is 3. The third kappa shape index (κ3) is 7.83. The monoisotopic (exact) mass is 386 g/mol. The number of anilines is 1. The molecule has 3 N–H and O–H groups in total. The fraction of sp³-hybridized carbons (Fsp3) is 0.429. The van der Waals surface area contributed by atoms with Crippen molar-refractivity contribution < 1.29 is 4.79 Å². The zero-order valence-corrected chi connectivity index (χ0v) is 17.2. The number of hydrogen-bond donors (Lipinski definition) is 3. The number of amides is 1. The number of thiophene rings is 1. The van der Waals surface area contributed by atoms with Crippen molar-refractivity contribution in [1.29, 1.82) is 0 Å². The Morgan fingerprint density at radius 2 is 1.96 bits per heavy atom. The van der Waals surface area contributed by atoms with Crippen molar-refractivity contribution in [2.75, 3.05) is 18.9 Å². The van der Waals surface area contributed by atoms with Crippen LogP contribution in [-0.2, 0) is 17.8 Å². The van der Waals surface area contributed by atoms with Crippen molar-refractivity contribution in [2.24, 2.45) is 10.9 Å². The predicted molar refractivity (Wildman–Crippen MR) is 115 cm³/mol. The largest absolute Gasteiger partial charge is 0.356 e. The van der Waals surface area contributed by atoms with Crippen LogP contribution >= 0.6 is 11.3 Å². The Morgan fingerprint density at radius 3 is 2.59 bits per heavy atom. The zero-order chi connectivity index (χ0) is 19.5. The Hall–Kier alpha value is -2.34. The highest BCUT2D eigenvalue weighted by Gasteiger charge is 2.06. The van der Waals surface area contributed by atoms with Gasteiger partial charge in [0, 0.05) is 37.1 Å². The van der Waals surface area contributed by atoms with Gasteiger partial charge in [0.1, 0.15) is 0 Å². The van der Waals surface area contributed by atoms with E-state index in [1.54, 1.807) is 18.4 Å². The summed E-state index contributed by atoms with van der Waals surface area (Å²) in [4.78, 5) is 17.3. The van der Waals surface area contributed by atoms with Gasteiger partial charge in [-0.2, -0.15) is 0 Å². The molecular weight excluding hydrogens is 356 g/mol. The second kappa shape index (κ2) is 11.4. The van der Waals surface area contributed by atoms with E-state index in [0.717, 1.165) is 36.6 Å². The van der Waals surface area contributed by atoms with E-state index < -0.39 is 0 Å². The van der Waals surface area contributed by atoms with Gasteiger partial charge in [-0.1, -0.05) is 32.0 Å². The van der Waals surface area contributed by atoms with Gasteiger partial charge < -0.3 is 16.0 Å². The molecule has 6 heteroatoms. The van der Waals surface area contributed by atoms with E-state index in [-0.39, 0.29) is 5.91 Å². The Balaban J connectivity index is 1.74. The zero-order valence-electron chi connectivity index (χ0n) is 16.4. The maximum atomic E-state index is 11.6. The van der Waals surface area contributed by atoms with E-state index >= 15 is 0 Å². The van der Waals surface area contributed by atoms with E-state index in [0.29, 0.717) is 18.9 Å². The Kier molecular flexibility index (Phi) is 8.84. The molecule has 0 aliphatic carbocycles.